The number of carbonyl (C=O) groups excluding carboxylic acids is 2. The van der Waals surface area contributed by atoms with Crippen molar-refractivity contribution in [2.75, 3.05) is 0 Å². The van der Waals surface area contributed by atoms with E-state index in [0.29, 0.717) is 30.3 Å². The summed E-state index contributed by atoms with van der Waals surface area (Å²) >= 11 is 0. The van der Waals surface area contributed by atoms with E-state index >= 15 is 0 Å². The van der Waals surface area contributed by atoms with Crippen molar-refractivity contribution >= 4 is 11.9 Å². The molecule has 164 valence electrons. The minimum absolute atomic E-state index is 0.000635. The molecule has 6 rings (SSSR count). The number of epoxide rings is 1. The zero-order chi connectivity index (χ0) is 21.1. The fourth-order valence-corrected chi connectivity index (χ4v) is 9.16. The standard InChI is InChI=1S/C25H34O5/c1-13-9-21(27)29-19-11-18-16-10-20-25(30-20)12-15(28-14(2)26)5-8-24(25,4)17(16)6-7-23(18,3)22(13)19/h15-20H,5-12H2,1-4H3/t15-,16?,17?,18?,19?,20-,23-,24+,25-/m0/s1. The maximum atomic E-state index is 12.1. The number of esters is 2. The van der Waals surface area contributed by atoms with Gasteiger partial charge in [0.15, 0.2) is 0 Å². The summed E-state index contributed by atoms with van der Waals surface area (Å²) < 4.78 is 18.0. The summed E-state index contributed by atoms with van der Waals surface area (Å²) in [5.41, 5.74) is 2.94. The van der Waals surface area contributed by atoms with Crippen molar-refractivity contribution in [1.82, 2.24) is 0 Å². The van der Waals surface area contributed by atoms with Gasteiger partial charge in [-0.15, -0.1) is 0 Å². The molecule has 4 aliphatic carbocycles. The second-order valence-electron chi connectivity index (χ2n) is 11.5. The van der Waals surface area contributed by atoms with Gasteiger partial charge in [-0.05, 0) is 74.2 Å². The third-order valence-corrected chi connectivity index (χ3v) is 10.3. The maximum Gasteiger partial charge on any atom is 0.310 e. The van der Waals surface area contributed by atoms with Crippen LogP contribution in [0.4, 0.5) is 0 Å². The molecule has 0 N–H and O–H groups in total. The van der Waals surface area contributed by atoms with Crippen LogP contribution in [0.1, 0.15) is 79.1 Å². The van der Waals surface area contributed by atoms with Crippen LogP contribution >= 0.6 is 0 Å². The fraction of sp³-hybridized carbons (Fsp3) is 0.840. The van der Waals surface area contributed by atoms with E-state index in [4.69, 9.17) is 14.2 Å². The van der Waals surface area contributed by atoms with E-state index in [1.165, 1.54) is 30.9 Å². The van der Waals surface area contributed by atoms with Crippen molar-refractivity contribution in [3.63, 3.8) is 0 Å². The Bertz CT molecular complexity index is 862. The van der Waals surface area contributed by atoms with Gasteiger partial charge >= 0.3 is 11.9 Å². The lowest BCUT2D eigenvalue weighted by Gasteiger charge is -2.58. The average molecular weight is 415 g/mol. The van der Waals surface area contributed by atoms with Gasteiger partial charge in [0.1, 0.15) is 17.8 Å². The lowest BCUT2D eigenvalue weighted by molar-refractivity contribution is -0.156. The van der Waals surface area contributed by atoms with Crippen molar-refractivity contribution in [2.24, 2.45) is 28.6 Å². The molecule has 4 saturated carbocycles. The molecule has 4 unspecified atom stereocenters. The van der Waals surface area contributed by atoms with E-state index < -0.39 is 0 Å². The van der Waals surface area contributed by atoms with E-state index in [9.17, 15) is 9.59 Å². The molecule has 2 aliphatic heterocycles. The first kappa shape index (κ1) is 19.3. The Balaban J connectivity index is 1.32. The molecule has 0 aromatic rings. The molecule has 1 spiro atoms. The van der Waals surface area contributed by atoms with Crippen molar-refractivity contribution in [3.8, 4) is 0 Å². The van der Waals surface area contributed by atoms with E-state index in [1.807, 2.05) is 0 Å². The Kier molecular flexibility index (Phi) is 3.81. The van der Waals surface area contributed by atoms with E-state index in [-0.39, 0.29) is 40.6 Å². The predicted octanol–water partition coefficient (Wildman–Crippen LogP) is 4.33. The molecule has 5 nitrogen and oxygen atoms in total. The van der Waals surface area contributed by atoms with Crippen LogP contribution in [0, 0.1) is 28.6 Å². The molecule has 1 saturated heterocycles. The summed E-state index contributed by atoms with van der Waals surface area (Å²) in [5, 5.41) is 0. The van der Waals surface area contributed by atoms with Crippen LogP contribution in [0.2, 0.25) is 0 Å². The third-order valence-electron chi connectivity index (χ3n) is 10.3. The van der Waals surface area contributed by atoms with Crippen LogP contribution < -0.4 is 0 Å². The molecule has 2 heterocycles. The van der Waals surface area contributed by atoms with Gasteiger partial charge in [0.25, 0.3) is 0 Å². The summed E-state index contributed by atoms with van der Waals surface area (Å²) in [5.74, 6) is 1.62. The van der Waals surface area contributed by atoms with Crippen LogP contribution in [0.25, 0.3) is 0 Å². The lowest BCUT2D eigenvalue weighted by atomic mass is 9.44. The van der Waals surface area contributed by atoms with Crippen molar-refractivity contribution in [1.29, 1.82) is 0 Å². The first-order chi connectivity index (χ1) is 14.2. The smallest absolute Gasteiger partial charge is 0.310 e. The summed E-state index contributed by atoms with van der Waals surface area (Å²) in [6.07, 6.45) is 8.16. The van der Waals surface area contributed by atoms with E-state index in [2.05, 4.69) is 20.8 Å². The highest BCUT2D eigenvalue weighted by atomic mass is 16.6. The Morgan fingerprint density at radius 2 is 1.93 bits per heavy atom. The number of hydrogen-bond donors (Lipinski definition) is 0. The normalized spacial score (nSPS) is 53.5. The van der Waals surface area contributed by atoms with Crippen molar-refractivity contribution in [2.45, 2.75) is 103 Å². The topological polar surface area (TPSA) is 65.1 Å². The lowest BCUT2D eigenvalue weighted by Crippen LogP contribution is -2.58. The molecule has 6 aliphatic rings. The third kappa shape index (κ3) is 2.28. The summed E-state index contributed by atoms with van der Waals surface area (Å²) in [7, 11) is 0. The largest absolute Gasteiger partial charge is 0.462 e. The quantitative estimate of drug-likeness (QED) is 0.363. The van der Waals surface area contributed by atoms with Gasteiger partial charge in [-0.3, -0.25) is 9.59 Å². The first-order valence-electron chi connectivity index (χ1n) is 11.9. The van der Waals surface area contributed by atoms with Crippen LogP contribution in [0.3, 0.4) is 0 Å². The van der Waals surface area contributed by atoms with Gasteiger partial charge < -0.3 is 14.2 Å². The maximum absolute atomic E-state index is 12.1. The monoisotopic (exact) mass is 414 g/mol. The summed E-state index contributed by atoms with van der Waals surface area (Å²) in [4.78, 5) is 23.6. The van der Waals surface area contributed by atoms with Crippen LogP contribution in [-0.2, 0) is 23.8 Å². The predicted molar refractivity (Wildman–Crippen MR) is 109 cm³/mol. The minimum atomic E-state index is -0.175. The second-order valence-corrected chi connectivity index (χ2v) is 11.5. The van der Waals surface area contributed by atoms with Crippen LogP contribution in [0.5, 0.6) is 0 Å². The Morgan fingerprint density at radius 3 is 2.70 bits per heavy atom. The van der Waals surface area contributed by atoms with Gasteiger partial charge in [-0.25, -0.2) is 0 Å². The number of ether oxygens (including phenoxy) is 3. The highest BCUT2D eigenvalue weighted by Gasteiger charge is 2.76. The number of fused-ring (bicyclic) bond motifs is 6. The molecular formula is C25H34O5. The van der Waals surface area contributed by atoms with Crippen LogP contribution in [-0.4, -0.2) is 35.9 Å². The molecule has 0 radical (unpaired) electrons. The second kappa shape index (κ2) is 5.90. The Hall–Kier alpha value is -1.36. The fourth-order valence-electron chi connectivity index (χ4n) is 9.16. The molecule has 30 heavy (non-hydrogen) atoms. The zero-order valence-corrected chi connectivity index (χ0v) is 18.7. The highest BCUT2D eigenvalue weighted by molar-refractivity contribution is 5.75. The first-order valence-corrected chi connectivity index (χ1v) is 11.9. The SMILES string of the molecule is CC(=O)O[C@H]1CC[C@]2(C)C3CC[C@]4(C)C5=C(C)CC(=O)OC5CC4C3C[C@@H]3O[C@@]32C1. The molecule has 0 aromatic carbocycles. The summed E-state index contributed by atoms with van der Waals surface area (Å²) in [6, 6.07) is 0. The Labute approximate surface area is 178 Å². The van der Waals surface area contributed by atoms with E-state index in [1.54, 1.807) is 0 Å². The van der Waals surface area contributed by atoms with E-state index in [0.717, 1.165) is 32.1 Å². The van der Waals surface area contributed by atoms with Crippen molar-refractivity contribution < 1.29 is 23.8 Å². The number of rotatable bonds is 1. The summed E-state index contributed by atoms with van der Waals surface area (Å²) in [6.45, 7) is 8.57. The van der Waals surface area contributed by atoms with Gasteiger partial charge in [0.2, 0.25) is 0 Å². The zero-order valence-electron chi connectivity index (χ0n) is 18.7. The molecular weight excluding hydrogens is 380 g/mol. The van der Waals surface area contributed by atoms with Gasteiger partial charge in [-0.1, -0.05) is 19.4 Å². The van der Waals surface area contributed by atoms with Gasteiger partial charge in [-0.2, -0.15) is 0 Å². The highest BCUT2D eigenvalue weighted by Crippen LogP contribution is 2.74. The molecule has 0 aromatic heterocycles. The molecule has 0 amide bonds. The molecule has 5 heteroatoms. The number of carbonyl (C=O) groups is 2. The Morgan fingerprint density at radius 1 is 1.13 bits per heavy atom. The minimum Gasteiger partial charge on any atom is -0.462 e. The number of hydrogen-bond acceptors (Lipinski definition) is 5. The molecule has 9 atom stereocenters. The molecule has 5 fully saturated rings. The average Bonchev–Trinajstić information content (AvgIpc) is 3.25. The van der Waals surface area contributed by atoms with Gasteiger partial charge in [0, 0.05) is 18.8 Å². The van der Waals surface area contributed by atoms with Crippen LogP contribution in [0.15, 0.2) is 11.1 Å². The van der Waals surface area contributed by atoms with Crippen molar-refractivity contribution in [3.05, 3.63) is 11.1 Å². The van der Waals surface area contributed by atoms with Gasteiger partial charge in [0.05, 0.1) is 12.5 Å². The molecule has 0 bridgehead atoms.